The van der Waals surface area contributed by atoms with E-state index in [0.717, 1.165) is 6.42 Å². The van der Waals surface area contributed by atoms with E-state index in [0.29, 0.717) is 6.54 Å². The molecule has 2 aliphatic heterocycles. The van der Waals surface area contributed by atoms with Crippen LogP contribution >= 0.6 is 0 Å². The Balaban J connectivity index is 1.84. The number of alkyl carbamates (subject to hydrolysis) is 1. The van der Waals surface area contributed by atoms with E-state index >= 15 is 0 Å². The molecule has 0 spiro atoms. The topological polar surface area (TPSA) is 67.9 Å². The number of rotatable bonds is 3. The second-order valence-corrected chi connectivity index (χ2v) is 6.19. The molecule has 2 bridgehead atoms. The molecule has 0 aromatic rings. The van der Waals surface area contributed by atoms with Crippen LogP contribution in [0.15, 0.2) is 0 Å². The van der Waals surface area contributed by atoms with E-state index in [4.69, 9.17) is 4.74 Å². The van der Waals surface area contributed by atoms with Gasteiger partial charge in [-0.15, -0.1) is 0 Å². The van der Waals surface area contributed by atoms with E-state index < -0.39 is 18.4 Å². The van der Waals surface area contributed by atoms with Crippen molar-refractivity contribution in [2.75, 3.05) is 19.8 Å². The van der Waals surface area contributed by atoms with Gasteiger partial charge in [-0.2, -0.15) is 0 Å². The minimum absolute atomic E-state index is 0.0484. The summed E-state index contributed by atoms with van der Waals surface area (Å²) in [6.45, 7) is 5.08. The summed E-state index contributed by atoms with van der Waals surface area (Å²) >= 11 is 0. The SMILES string of the molecule is CC(C)(C)OC(=O)N1CC2CC1C2NC(=O)OCCF. The highest BCUT2D eigenvalue weighted by Gasteiger charge is 2.55. The molecule has 1 aliphatic carbocycles. The molecule has 3 fully saturated rings. The molecule has 7 heteroatoms. The molecule has 3 rings (SSSR count). The Morgan fingerprint density at radius 2 is 2.10 bits per heavy atom. The third kappa shape index (κ3) is 3.13. The highest BCUT2D eigenvalue weighted by atomic mass is 19.1. The Labute approximate surface area is 117 Å². The van der Waals surface area contributed by atoms with Gasteiger partial charge in [0.1, 0.15) is 18.9 Å². The molecule has 2 saturated heterocycles. The van der Waals surface area contributed by atoms with Gasteiger partial charge < -0.3 is 19.7 Å². The molecule has 6 nitrogen and oxygen atoms in total. The molecular formula is C13H21FN2O4. The zero-order valence-corrected chi connectivity index (χ0v) is 12.0. The molecule has 3 atom stereocenters. The van der Waals surface area contributed by atoms with E-state index in [2.05, 4.69) is 10.1 Å². The van der Waals surface area contributed by atoms with E-state index in [1.165, 1.54) is 0 Å². The quantitative estimate of drug-likeness (QED) is 0.858. The minimum atomic E-state index is -0.699. The Morgan fingerprint density at radius 1 is 1.40 bits per heavy atom. The number of halogens is 1. The van der Waals surface area contributed by atoms with Gasteiger partial charge in [0.05, 0.1) is 12.1 Å². The van der Waals surface area contributed by atoms with Crippen LogP contribution in [-0.4, -0.2) is 54.6 Å². The van der Waals surface area contributed by atoms with Gasteiger partial charge in [0.15, 0.2) is 0 Å². The highest BCUT2D eigenvalue weighted by molar-refractivity contribution is 5.72. The lowest BCUT2D eigenvalue weighted by molar-refractivity contribution is 0.0220. The number of ether oxygens (including phenoxy) is 2. The van der Waals surface area contributed by atoms with Gasteiger partial charge in [0, 0.05) is 12.5 Å². The number of nitrogens with zero attached hydrogens (tertiary/aromatic N) is 1. The maximum absolute atomic E-state index is 12.0. The summed E-state index contributed by atoms with van der Waals surface area (Å²) in [5.41, 5.74) is -0.535. The summed E-state index contributed by atoms with van der Waals surface area (Å²) in [6, 6.07) is -0.164. The lowest BCUT2D eigenvalue weighted by Gasteiger charge is -2.36. The smallest absolute Gasteiger partial charge is 0.410 e. The van der Waals surface area contributed by atoms with Crippen molar-refractivity contribution < 1.29 is 23.5 Å². The second kappa shape index (κ2) is 5.46. The maximum Gasteiger partial charge on any atom is 0.410 e. The van der Waals surface area contributed by atoms with Crippen LogP contribution in [0.3, 0.4) is 0 Å². The molecule has 0 aromatic heterocycles. The van der Waals surface area contributed by atoms with Crippen LogP contribution in [0.25, 0.3) is 0 Å². The normalized spacial score (nSPS) is 27.8. The summed E-state index contributed by atoms with van der Waals surface area (Å²) in [7, 11) is 0. The number of carbonyl (C=O) groups is 2. The number of alkyl halides is 1. The third-order valence-corrected chi connectivity index (χ3v) is 3.52. The van der Waals surface area contributed by atoms with Crippen molar-refractivity contribution in [3.63, 3.8) is 0 Å². The molecule has 3 aliphatic rings. The van der Waals surface area contributed by atoms with Crippen molar-refractivity contribution in [2.24, 2.45) is 5.92 Å². The summed E-state index contributed by atoms with van der Waals surface area (Å²) in [5.74, 6) is 0.227. The molecule has 2 amide bonds. The molecule has 3 unspecified atom stereocenters. The van der Waals surface area contributed by atoms with Crippen molar-refractivity contribution in [3.05, 3.63) is 0 Å². The van der Waals surface area contributed by atoms with E-state index in [1.54, 1.807) is 4.90 Å². The molecule has 114 valence electrons. The first-order valence-electron chi connectivity index (χ1n) is 6.80. The lowest BCUT2D eigenvalue weighted by atomic mass is 9.80. The zero-order chi connectivity index (χ0) is 14.9. The van der Waals surface area contributed by atoms with E-state index in [9.17, 15) is 14.0 Å². The van der Waals surface area contributed by atoms with E-state index in [1.807, 2.05) is 20.8 Å². The zero-order valence-electron chi connectivity index (χ0n) is 12.0. The Bertz CT molecular complexity index is 396. The van der Waals surface area contributed by atoms with Crippen molar-refractivity contribution in [1.82, 2.24) is 10.2 Å². The molecular weight excluding hydrogens is 267 g/mol. The van der Waals surface area contributed by atoms with Gasteiger partial charge in [0.25, 0.3) is 0 Å². The van der Waals surface area contributed by atoms with Crippen molar-refractivity contribution in [3.8, 4) is 0 Å². The van der Waals surface area contributed by atoms with Gasteiger partial charge in [0.2, 0.25) is 0 Å². The molecule has 1 N–H and O–H groups in total. The largest absolute Gasteiger partial charge is 0.447 e. The van der Waals surface area contributed by atoms with Gasteiger partial charge >= 0.3 is 12.2 Å². The molecule has 2 heterocycles. The fourth-order valence-corrected chi connectivity index (χ4v) is 2.67. The van der Waals surface area contributed by atoms with Crippen LogP contribution in [0, 0.1) is 5.92 Å². The van der Waals surface area contributed by atoms with Crippen LogP contribution in [-0.2, 0) is 9.47 Å². The molecule has 20 heavy (non-hydrogen) atoms. The van der Waals surface area contributed by atoms with Gasteiger partial charge in [-0.05, 0) is 27.2 Å². The van der Waals surface area contributed by atoms with Gasteiger partial charge in [-0.3, -0.25) is 0 Å². The average Bonchev–Trinajstić information content (AvgIpc) is 2.89. The summed E-state index contributed by atoms with van der Waals surface area (Å²) in [6.07, 6.45) is -0.132. The van der Waals surface area contributed by atoms with Gasteiger partial charge in [-0.25, -0.2) is 14.0 Å². The average molecular weight is 288 g/mol. The fraction of sp³-hybridized carbons (Fsp3) is 0.846. The molecule has 0 radical (unpaired) electrons. The van der Waals surface area contributed by atoms with Crippen LogP contribution in [0.1, 0.15) is 27.2 Å². The number of fused-ring (bicyclic) bond motifs is 1. The lowest BCUT2D eigenvalue weighted by Crippen LogP contribution is -2.55. The van der Waals surface area contributed by atoms with Gasteiger partial charge in [-0.1, -0.05) is 0 Å². The first kappa shape index (κ1) is 14.9. The maximum atomic E-state index is 12.0. The predicted octanol–water partition coefficient (Wildman–Crippen LogP) is 1.69. The third-order valence-electron chi connectivity index (χ3n) is 3.52. The fourth-order valence-electron chi connectivity index (χ4n) is 2.67. The van der Waals surface area contributed by atoms with Crippen LogP contribution < -0.4 is 5.32 Å². The Hall–Kier alpha value is -1.53. The molecule has 1 saturated carbocycles. The number of hydrogen-bond acceptors (Lipinski definition) is 4. The number of carbonyl (C=O) groups excluding carboxylic acids is 2. The first-order valence-corrected chi connectivity index (χ1v) is 6.80. The predicted molar refractivity (Wildman–Crippen MR) is 69.1 cm³/mol. The first-order chi connectivity index (χ1) is 9.31. The standard InChI is InChI=1S/C13H21FN2O4/c1-13(2,3)20-12(18)16-7-8-6-9(16)10(8)15-11(17)19-5-4-14/h8-10H,4-7H2,1-3H3,(H,15,17). The number of amides is 2. The minimum Gasteiger partial charge on any atom is -0.447 e. The Kier molecular flexibility index (Phi) is 4.06. The van der Waals surface area contributed by atoms with Crippen LogP contribution in [0.2, 0.25) is 0 Å². The van der Waals surface area contributed by atoms with Crippen molar-refractivity contribution in [1.29, 1.82) is 0 Å². The second-order valence-electron chi connectivity index (χ2n) is 6.19. The van der Waals surface area contributed by atoms with Crippen LogP contribution in [0.5, 0.6) is 0 Å². The highest BCUT2D eigenvalue weighted by Crippen LogP contribution is 2.41. The van der Waals surface area contributed by atoms with Crippen LogP contribution in [0.4, 0.5) is 14.0 Å². The molecule has 0 aromatic carbocycles. The number of nitrogens with one attached hydrogen (secondary N) is 1. The summed E-state index contributed by atoms with van der Waals surface area (Å²) in [4.78, 5) is 25.1. The summed E-state index contributed by atoms with van der Waals surface area (Å²) < 4.78 is 21.9. The monoisotopic (exact) mass is 288 g/mol. The Morgan fingerprint density at radius 3 is 2.70 bits per heavy atom. The van der Waals surface area contributed by atoms with Crippen molar-refractivity contribution in [2.45, 2.75) is 44.9 Å². The summed E-state index contributed by atoms with van der Waals surface area (Å²) in [5, 5.41) is 2.68. The number of hydrogen-bond donors (Lipinski definition) is 1. The van der Waals surface area contributed by atoms with Crippen molar-refractivity contribution >= 4 is 12.2 Å². The van der Waals surface area contributed by atoms with E-state index in [-0.39, 0.29) is 30.7 Å².